The van der Waals surface area contributed by atoms with Gasteiger partial charge in [-0.25, -0.2) is 0 Å². The summed E-state index contributed by atoms with van der Waals surface area (Å²) in [5, 5.41) is 0. The van der Waals surface area contributed by atoms with Gasteiger partial charge < -0.3 is 0 Å². The first kappa shape index (κ1) is 9.91. The van der Waals surface area contributed by atoms with E-state index >= 15 is 0 Å². The van der Waals surface area contributed by atoms with Gasteiger partial charge in [0.25, 0.3) is 0 Å². The zero-order valence-corrected chi connectivity index (χ0v) is 9.27. The van der Waals surface area contributed by atoms with Crippen LogP contribution in [0, 0.1) is 13.8 Å². The Morgan fingerprint density at radius 3 is 2.00 bits per heavy atom. The van der Waals surface area contributed by atoms with Gasteiger partial charge in [-0.05, 0) is 6.07 Å². The van der Waals surface area contributed by atoms with E-state index in [0.717, 1.165) is 6.54 Å². The highest BCUT2D eigenvalue weighted by Gasteiger charge is 2.09. The molecule has 0 aliphatic heterocycles. The van der Waals surface area contributed by atoms with Crippen molar-refractivity contribution in [3.05, 3.63) is 65.5 Å². The molecule has 76 valence electrons. The van der Waals surface area contributed by atoms with Crippen molar-refractivity contribution in [2.24, 2.45) is 0 Å². The van der Waals surface area contributed by atoms with Crippen LogP contribution in [0.3, 0.4) is 0 Å². The minimum Gasteiger partial charge on any atom is -0.196 e. The molecule has 1 aromatic heterocycles. The van der Waals surface area contributed by atoms with E-state index in [2.05, 4.69) is 66.9 Å². The van der Waals surface area contributed by atoms with E-state index in [4.69, 9.17) is 0 Å². The van der Waals surface area contributed by atoms with Gasteiger partial charge >= 0.3 is 0 Å². The highest BCUT2D eigenvalue weighted by atomic mass is 15.0. The predicted octanol–water partition coefficient (Wildman–Crippen LogP) is 2.64. The normalized spacial score (nSPS) is 10.3. The molecule has 0 atom stereocenters. The first-order chi connectivity index (χ1) is 7.27. The third-order valence-electron chi connectivity index (χ3n) is 2.71. The smallest absolute Gasteiger partial charge is 0.178 e. The van der Waals surface area contributed by atoms with Crippen molar-refractivity contribution in [1.82, 2.24) is 0 Å². The van der Waals surface area contributed by atoms with Crippen molar-refractivity contribution in [2.45, 2.75) is 20.4 Å². The maximum absolute atomic E-state index is 2.33. The van der Waals surface area contributed by atoms with Crippen LogP contribution in [0.4, 0.5) is 0 Å². The molecule has 2 rings (SSSR count). The molecule has 0 spiro atoms. The summed E-state index contributed by atoms with van der Waals surface area (Å²) < 4.78 is 2.33. The average molecular weight is 198 g/mol. The number of rotatable bonds is 2. The van der Waals surface area contributed by atoms with E-state index in [9.17, 15) is 0 Å². The molecule has 1 nitrogen and oxygen atoms in total. The van der Waals surface area contributed by atoms with Crippen molar-refractivity contribution >= 4 is 0 Å². The molecule has 1 heterocycles. The minimum atomic E-state index is 0.958. The molecule has 0 saturated heterocycles. The molecule has 2 aromatic rings. The van der Waals surface area contributed by atoms with Gasteiger partial charge in [-0.3, -0.25) is 0 Å². The lowest BCUT2D eigenvalue weighted by atomic mass is 10.2. The number of aromatic nitrogens is 1. The van der Waals surface area contributed by atoms with E-state index < -0.39 is 0 Å². The fourth-order valence-corrected chi connectivity index (χ4v) is 1.80. The topological polar surface area (TPSA) is 3.88 Å². The van der Waals surface area contributed by atoms with Gasteiger partial charge in [0.15, 0.2) is 17.9 Å². The van der Waals surface area contributed by atoms with Gasteiger partial charge in [0.05, 0.1) is 0 Å². The third-order valence-corrected chi connectivity index (χ3v) is 2.71. The molecule has 0 radical (unpaired) electrons. The van der Waals surface area contributed by atoms with Gasteiger partial charge in [0.1, 0.15) is 0 Å². The van der Waals surface area contributed by atoms with Crippen molar-refractivity contribution < 1.29 is 4.57 Å². The van der Waals surface area contributed by atoms with Gasteiger partial charge in [0.2, 0.25) is 0 Å². The monoisotopic (exact) mass is 198 g/mol. The summed E-state index contributed by atoms with van der Waals surface area (Å²) in [7, 11) is 0. The van der Waals surface area contributed by atoms with E-state index in [1.54, 1.807) is 0 Å². The van der Waals surface area contributed by atoms with Gasteiger partial charge in [-0.15, -0.1) is 0 Å². The van der Waals surface area contributed by atoms with Crippen LogP contribution in [0.15, 0.2) is 48.5 Å². The number of aryl methyl sites for hydroxylation is 2. The summed E-state index contributed by atoms with van der Waals surface area (Å²) in [5.41, 5.74) is 3.96. The number of hydrogen-bond acceptors (Lipinski definition) is 0. The zero-order valence-electron chi connectivity index (χ0n) is 9.27. The van der Waals surface area contributed by atoms with Crippen LogP contribution in [0.2, 0.25) is 0 Å². The van der Waals surface area contributed by atoms with E-state index in [1.165, 1.54) is 17.0 Å². The van der Waals surface area contributed by atoms with Crippen molar-refractivity contribution in [1.29, 1.82) is 0 Å². The summed E-state index contributed by atoms with van der Waals surface area (Å²) in [6.45, 7) is 5.26. The van der Waals surface area contributed by atoms with E-state index in [1.807, 2.05) is 0 Å². The molecule has 0 bridgehead atoms. The first-order valence-corrected chi connectivity index (χ1v) is 5.27. The van der Waals surface area contributed by atoms with Gasteiger partial charge in [0, 0.05) is 31.5 Å². The molecular formula is C14H16N+. The summed E-state index contributed by atoms with van der Waals surface area (Å²) in [5.74, 6) is 0. The standard InChI is InChI=1S/C14H16N/c1-12-7-6-8-13(2)15(12)11-14-9-4-3-5-10-14/h3-10H,11H2,1-2H3/q+1. The number of benzene rings is 1. The van der Waals surface area contributed by atoms with Crippen molar-refractivity contribution in [3.63, 3.8) is 0 Å². The third kappa shape index (κ3) is 2.24. The molecule has 0 fully saturated rings. The highest BCUT2D eigenvalue weighted by molar-refractivity contribution is 5.13. The number of nitrogens with zero attached hydrogens (tertiary/aromatic N) is 1. The Morgan fingerprint density at radius 1 is 0.800 bits per heavy atom. The summed E-state index contributed by atoms with van der Waals surface area (Å²) in [6, 6.07) is 17.0. The second-order valence-corrected chi connectivity index (χ2v) is 3.88. The maximum atomic E-state index is 2.33. The minimum absolute atomic E-state index is 0.958. The first-order valence-electron chi connectivity index (χ1n) is 5.27. The van der Waals surface area contributed by atoms with Crippen LogP contribution in [0.5, 0.6) is 0 Å². The van der Waals surface area contributed by atoms with Crippen LogP contribution in [-0.4, -0.2) is 0 Å². The quantitative estimate of drug-likeness (QED) is 0.653. The molecule has 0 unspecified atom stereocenters. The highest BCUT2D eigenvalue weighted by Crippen LogP contribution is 2.01. The fraction of sp³-hybridized carbons (Fsp3) is 0.214. The lowest BCUT2D eigenvalue weighted by Crippen LogP contribution is -2.40. The largest absolute Gasteiger partial charge is 0.196 e. The Morgan fingerprint density at radius 2 is 1.40 bits per heavy atom. The van der Waals surface area contributed by atoms with Gasteiger partial charge in [-0.2, -0.15) is 4.57 Å². The molecule has 1 heteroatoms. The second-order valence-electron chi connectivity index (χ2n) is 3.88. The van der Waals surface area contributed by atoms with Crippen molar-refractivity contribution in [3.8, 4) is 0 Å². The average Bonchev–Trinajstić information content (AvgIpc) is 2.25. The maximum Gasteiger partial charge on any atom is 0.178 e. The lowest BCUT2D eigenvalue weighted by Gasteiger charge is -2.03. The summed E-state index contributed by atoms with van der Waals surface area (Å²) in [6.07, 6.45) is 0. The molecule has 0 N–H and O–H groups in total. The van der Waals surface area contributed by atoms with Crippen LogP contribution >= 0.6 is 0 Å². The zero-order chi connectivity index (χ0) is 10.7. The van der Waals surface area contributed by atoms with Gasteiger partial charge in [-0.1, -0.05) is 30.3 Å². The Kier molecular flexibility index (Phi) is 2.82. The molecule has 0 aliphatic carbocycles. The summed E-state index contributed by atoms with van der Waals surface area (Å²) >= 11 is 0. The van der Waals surface area contributed by atoms with Crippen LogP contribution < -0.4 is 4.57 Å². The van der Waals surface area contributed by atoms with Crippen LogP contribution in [0.1, 0.15) is 17.0 Å². The van der Waals surface area contributed by atoms with E-state index in [-0.39, 0.29) is 0 Å². The Balaban J connectivity index is 2.32. The summed E-state index contributed by atoms with van der Waals surface area (Å²) in [4.78, 5) is 0. The predicted molar refractivity (Wildman–Crippen MR) is 61.7 cm³/mol. The molecule has 0 saturated carbocycles. The van der Waals surface area contributed by atoms with Crippen LogP contribution in [-0.2, 0) is 6.54 Å². The molecule has 15 heavy (non-hydrogen) atoms. The molecule has 0 amide bonds. The second kappa shape index (κ2) is 4.26. The Bertz CT molecular complexity index is 426. The van der Waals surface area contributed by atoms with Crippen LogP contribution in [0.25, 0.3) is 0 Å². The SMILES string of the molecule is Cc1cccc(C)[n+]1Cc1ccccc1. The fourth-order valence-electron chi connectivity index (χ4n) is 1.80. The lowest BCUT2D eigenvalue weighted by molar-refractivity contribution is -0.700. The van der Waals surface area contributed by atoms with Crippen molar-refractivity contribution in [2.75, 3.05) is 0 Å². The Labute approximate surface area is 91.0 Å². The van der Waals surface area contributed by atoms with E-state index in [0.29, 0.717) is 0 Å². The Hall–Kier alpha value is -1.63. The molecule has 0 aliphatic rings. The number of hydrogen-bond donors (Lipinski definition) is 0. The number of pyridine rings is 1. The molecular weight excluding hydrogens is 182 g/mol. The molecule has 1 aromatic carbocycles.